The SMILES string of the molecule is CC/C=C\C/C=C\C/C=C\CCCCCCCCCC(=O)OCC(COC(=O)CCCCCCCCCCCCCC)OC(=O)CCCCC/C=C\C/C=C\C/C=C\CC. The lowest BCUT2D eigenvalue weighted by atomic mass is 10.0. The second-order valence-electron chi connectivity index (χ2n) is 16.3. The number of carbonyl (C=O) groups excluding carboxylic acids is 3. The van der Waals surface area contributed by atoms with Crippen LogP contribution in [0.4, 0.5) is 0 Å². The van der Waals surface area contributed by atoms with E-state index in [0.29, 0.717) is 19.3 Å². The maximum atomic E-state index is 12.8. The lowest BCUT2D eigenvalue weighted by Gasteiger charge is -2.18. The number of allylic oxidation sites excluding steroid dienone is 12. The Hall–Kier alpha value is -3.15. The van der Waals surface area contributed by atoms with Crippen LogP contribution in [0.2, 0.25) is 0 Å². The van der Waals surface area contributed by atoms with Crippen LogP contribution in [0.25, 0.3) is 0 Å². The molecular weight excluding hydrogens is 745 g/mol. The van der Waals surface area contributed by atoms with E-state index in [1.807, 2.05) is 0 Å². The third kappa shape index (κ3) is 45.9. The fourth-order valence-electron chi connectivity index (χ4n) is 6.76. The molecule has 0 heterocycles. The number of ether oxygens (including phenoxy) is 3. The molecule has 0 radical (unpaired) electrons. The van der Waals surface area contributed by atoms with Crippen LogP contribution in [0.5, 0.6) is 0 Å². The predicted octanol–water partition coefficient (Wildman–Crippen LogP) is 16.3. The van der Waals surface area contributed by atoms with Gasteiger partial charge in [-0.15, -0.1) is 0 Å². The molecular formula is C54H92O6. The highest BCUT2D eigenvalue weighted by Crippen LogP contribution is 2.14. The van der Waals surface area contributed by atoms with Crippen molar-refractivity contribution in [3.63, 3.8) is 0 Å². The van der Waals surface area contributed by atoms with E-state index in [1.165, 1.54) is 83.5 Å². The quantitative estimate of drug-likeness (QED) is 0.0263. The van der Waals surface area contributed by atoms with Crippen LogP contribution < -0.4 is 0 Å². The normalized spacial score (nSPS) is 12.7. The first kappa shape index (κ1) is 56.9. The van der Waals surface area contributed by atoms with Gasteiger partial charge in [0.2, 0.25) is 0 Å². The van der Waals surface area contributed by atoms with Gasteiger partial charge in [0, 0.05) is 19.3 Å². The van der Waals surface area contributed by atoms with Gasteiger partial charge in [0.1, 0.15) is 13.2 Å². The first-order chi connectivity index (χ1) is 29.5. The Kier molecular flexibility index (Phi) is 46.0. The van der Waals surface area contributed by atoms with E-state index >= 15 is 0 Å². The molecule has 0 amide bonds. The van der Waals surface area contributed by atoms with E-state index in [0.717, 1.165) is 109 Å². The van der Waals surface area contributed by atoms with Gasteiger partial charge in [-0.2, -0.15) is 0 Å². The molecule has 0 fully saturated rings. The van der Waals surface area contributed by atoms with Crippen molar-refractivity contribution in [1.29, 1.82) is 0 Å². The summed E-state index contributed by atoms with van der Waals surface area (Å²) in [7, 11) is 0. The van der Waals surface area contributed by atoms with Gasteiger partial charge in [-0.25, -0.2) is 0 Å². The molecule has 6 nitrogen and oxygen atoms in total. The molecule has 0 rings (SSSR count). The molecule has 0 aliphatic carbocycles. The minimum atomic E-state index is -0.792. The van der Waals surface area contributed by atoms with Gasteiger partial charge in [0.25, 0.3) is 0 Å². The van der Waals surface area contributed by atoms with Crippen molar-refractivity contribution in [2.45, 2.75) is 239 Å². The lowest BCUT2D eigenvalue weighted by molar-refractivity contribution is -0.167. The lowest BCUT2D eigenvalue weighted by Crippen LogP contribution is -2.30. The summed E-state index contributed by atoms with van der Waals surface area (Å²) in [6, 6.07) is 0. The summed E-state index contributed by atoms with van der Waals surface area (Å²) >= 11 is 0. The maximum absolute atomic E-state index is 12.8. The highest BCUT2D eigenvalue weighted by atomic mass is 16.6. The fourth-order valence-corrected chi connectivity index (χ4v) is 6.76. The third-order valence-corrected chi connectivity index (χ3v) is 10.5. The Bertz CT molecular complexity index is 1140. The molecule has 1 unspecified atom stereocenters. The minimum Gasteiger partial charge on any atom is -0.462 e. The molecule has 0 N–H and O–H groups in total. The molecule has 0 aliphatic rings. The molecule has 0 spiro atoms. The second-order valence-corrected chi connectivity index (χ2v) is 16.3. The van der Waals surface area contributed by atoms with Crippen molar-refractivity contribution >= 4 is 17.9 Å². The highest BCUT2D eigenvalue weighted by Gasteiger charge is 2.19. The Morgan fingerprint density at radius 1 is 0.350 bits per heavy atom. The summed E-state index contributed by atoms with van der Waals surface area (Å²) in [4.78, 5) is 37.9. The molecule has 60 heavy (non-hydrogen) atoms. The van der Waals surface area contributed by atoms with Crippen LogP contribution in [0.1, 0.15) is 233 Å². The Labute approximate surface area is 370 Å². The summed E-state index contributed by atoms with van der Waals surface area (Å²) in [5.41, 5.74) is 0. The largest absolute Gasteiger partial charge is 0.462 e. The maximum Gasteiger partial charge on any atom is 0.306 e. The predicted molar refractivity (Wildman–Crippen MR) is 256 cm³/mol. The van der Waals surface area contributed by atoms with Gasteiger partial charge in [-0.3, -0.25) is 14.4 Å². The standard InChI is InChI=1S/C54H92O6/c1-4-7-10-13-16-19-22-25-26-27-28-30-32-35-38-41-44-47-53(56)59-50-51(49-58-52(55)46-43-40-37-34-31-24-21-18-15-12-9-6-3)60-54(57)48-45-42-39-36-33-29-23-20-17-14-11-8-5-2/h7-8,10-11,16-17,19-20,25-26,29,33,51H,4-6,9,12-15,18,21-24,27-28,30-32,34-50H2,1-3H3/b10-7-,11-8-,19-16-,20-17-,26-25-,33-29-. The Morgan fingerprint density at radius 3 is 1.03 bits per heavy atom. The van der Waals surface area contributed by atoms with Crippen LogP contribution in [0, 0.1) is 0 Å². The number of esters is 3. The molecule has 0 aromatic rings. The van der Waals surface area contributed by atoms with Crippen LogP contribution >= 0.6 is 0 Å². The molecule has 0 bridgehead atoms. The van der Waals surface area contributed by atoms with Crippen molar-refractivity contribution in [2.24, 2.45) is 0 Å². The summed E-state index contributed by atoms with van der Waals surface area (Å²) in [5, 5.41) is 0. The third-order valence-electron chi connectivity index (χ3n) is 10.5. The molecule has 0 aromatic heterocycles. The Morgan fingerprint density at radius 2 is 0.650 bits per heavy atom. The molecule has 344 valence electrons. The van der Waals surface area contributed by atoms with Gasteiger partial charge in [-0.1, -0.05) is 203 Å². The smallest absolute Gasteiger partial charge is 0.306 e. The van der Waals surface area contributed by atoms with Gasteiger partial charge >= 0.3 is 17.9 Å². The molecule has 0 saturated heterocycles. The summed E-state index contributed by atoms with van der Waals surface area (Å²) in [6.45, 7) is 6.37. The fraction of sp³-hybridized carbons (Fsp3) is 0.722. The first-order valence-corrected chi connectivity index (χ1v) is 24.9. The van der Waals surface area contributed by atoms with Crippen molar-refractivity contribution in [2.75, 3.05) is 13.2 Å². The average Bonchev–Trinajstić information content (AvgIpc) is 3.24. The van der Waals surface area contributed by atoms with Crippen LogP contribution in [0.15, 0.2) is 72.9 Å². The number of rotatable bonds is 44. The Balaban J connectivity index is 4.41. The van der Waals surface area contributed by atoms with Crippen LogP contribution in [-0.2, 0) is 28.6 Å². The zero-order valence-electron chi connectivity index (χ0n) is 39.2. The van der Waals surface area contributed by atoms with Crippen LogP contribution in [0.3, 0.4) is 0 Å². The van der Waals surface area contributed by atoms with Crippen LogP contribution in [-0.4, -0.2) is 37.2 Å². The second kappa shape index (κ2) is 48.5. The van der Waals surface area contributed by atoms with E-state index in [4.69, 9.17) is 14.2 Å². The zero-order valence-corrected chi connectivity index (χ0v) is 39.2. The number of hydrogen-bond acceptors (Lipinski definition) is 6. The molecule has 1 atom stereocenters. The number of carbonyl (C=O) groups is 3. The van der Waals surface area contributed by atoms with Gasteiger partial charge in [-0.05, 0) is 83.5 Å². The van der Waals surface area contributed by atoms with Gasteiger partial charge < -0.3 is 14.2 Å². The molecule has 6 heteroatoms. The summed E-state index contributed by atoms with van der Waals surface area (Å²) in [5.74, 6) is -0.929. The van der Waals surface area contributed by atoms with Gasteiger partial charge in [0.15, 0.2) is 6.10 Å². The van der Waals surface area contributed by atoms with Crippen molar-refractivity contribution < 1.29 is 28.6 Å². The monoisotopic (exact) mass is 837 g/mol. The van der Waals surface area contributed by atoms with Gasteiger partial charge in [0.05, 0.1) is 0 Å². The van der Waals surface area contributed by atoms with E-state index in [-0.39, 0.29) is 31.1 Å². The number of unbranched alkanes of at least 4 members (excludes halogenated alkanes) is 21. The number of hydrogen-bond donors (Lipinski definition) is 0. The first-order valence-electron chi connectivity index (χ1n) is 24.9. The molecule has 0 aliphatic heterocycles. The summed E-state index contributed by atoms with van der Waals surface area (Å²) < 4.78 is 16.7. The van der Waals surface area contributed by atoms with Crippen molar-refractivity contribution in [1.82, 2.24) is 0 Å². The highest BCUT2D eigenvalue weighted by molar-refractivity contribution is 5.71. The molecule has 0 saturated carbocycles. The van der Waals surface area contributed by atoms with E-state index < -0.39 is 6.10 Å². The van der Waals surface area contributed by atoms with E-state index in [1.54, 1.807) is 0 Å². The van der Waals surface area contributed by atoms with Crippen molar-refractivity contribution in [3.05, 3.63) is 72.9 Å². The topological polar surface area (TPSA) is 78.9 Å². The summed E-state index contributed by atoms with van der Waals surface area (Å²) in [6.07, 6.45) is 60.3. The minimum absolute atomic E-state index is 0.0893. The van der Waals surface area contributed by atoms with E-state index in [2.05, 4.69) is 93.7 Å². The van der Waals surface area contributed by atoms with E-state index in [9.17, 15) is 14.4 Å². The van der Waals surface area contributed by atoms with Crippen molar-refractivity contribution in [3.8, 4) is 0 Å². The molecule has 0 aromatic carbocycles. The average molecular weight is 837 g/mol. The zero-order chi connectivity index (χ0) is 43.7.